The van der Waals surface area contributed by atoms with Crippen LogP contribution >= 0.6 is 24.0 Å². The molecule has 148 valence electrons. The standard InChI is InChI=1S/C20H27FN4O.HI/c1-22-20(23-14-16-7-5-8-17(21)13-16)24-15-18(19-9-6-12-26-19)25-10-3-2-4-11-25;/h5-9,12-13,18H,2-4,10-11,14-15H2,1H3,(H2,22,23,24);1H. The second-order valence-electron chi connectivity index (χ2n) is 6.56. The number of aliphatic imine (C=N–C) groups is 1. The third-order valence-corrected chi connectivity index (χ3v) is 4.74. The molecule has 1 aromatic carbocycles. The van der Waals surface area contributed by atoms with Gasteiger partial charge in [0.1, 0.15) is 11.6 Å². The molecule has 1 atom stereocenters. The van der Waals surface area contributed by atoms with Gasteiger partial charge in [0.05, 0.1) is 12.3 Å². The summed E-state index contributed by atoms with van der Waals surface area (Å²) in [5.41, 5.74) is 0.881. The van der Waals surface area contributed by atoms with E-state index in [2.05, 4.69) is 20.5 Å². The number of hydrogen-bond acceptors (Lipinski definition) is 3. The van der Waals surface area contributed by atoms with Crippen molar-refractivity contribution < 1.29 is 8.81 Å². The molecule has 1 fully saturated rings. The average Bonchev–Trinajstić information content (AvgIpc) is 3.20. The van der Waals surface area contributed by atoms with E-state index in [1.54, 1.807) is 19.4 Å². The first-order chi connectivity index (χ1) is 12.8. The van der Waals surface area contributed by atoms with E-state index >= 15 is 0 Å². The van der Waals surface area contributed by atoms with Crippen molar-refractivity contribution in [1.29, 1.82) is 0 Å². The molecule has 2 N–H and O–H groups in total. The highest BCUT2D eigenvalue weighted by atomic mass is 127. The van der Waals surface area contributed by atoms with E-state index in [0.717, 1.165) is 24.4 Å². The Balaban J connectivity index is 0.00000261. The summed E-state index contributed by atoms with van der Waals surface area (Å²) < 4.78 is 19.0. The second kappa shape index (κ2) is 11.3. The van der Waals surface area contributed by atoms with Gasteiger partial charge in [-0.2, -0.15) is 0 Å². The number of nitrogens with one attached hydrogen (secondary N) is 2. The Hall–Kier alpha value is -1.61. The smallest absolute Gasteiger partial charge is 0.191 e. The van der Waals surface area contributed by atoms with Crippen LogP contribution in [0.15, 0.2) is 52.1 Å². The molecule has 0 bridgehead atoms. The van der Waals surface area contributed by atoms with Crippen LogP contribution in [0.3, 0.4) is 0 Å². The summed E-state index contributed by atoms with van der Waals surface area (Å²) in [5.74, 6) is 1.44. The molecule has 0 spiro atoms. The number of rotatable bonds is 6. The zero-order valence-corrected chi connectivity index (χ0v) is 18.0. The number of furan rings is 1. The summed E-state index contributed by atoms with van der Waals surface area (Å²) in [6.45, 7) is 3.40. The molecule has 0 saturated carbocycles. The van der Waals surface area contributed by atoms with Gasteiger partial charge >= 0.3 is 0 Å². The molecule has 0 amide bonds. The van der Waals surface area contributed by atoms with Crippen LogP contribution in [0.25, 0.3) is 0 Å². The van der Waals surface area contributed by atoms with Crippen LogP contribution in [0.4, 0.5) is 4.39 Å². The number of halogens is 2. The predicted molar refractivity (Wildman–Crippen MR) is 117 cm³/mol. The highest BCUT2D eigenvalue weighted by molar-refractivity contribution is 14.0. The van der Waals surface area contributed by atoms with Gasteiger partial charge in [-0.05, 0) is 55.8 Å². The van der Waals surface area contributed by atoms with E-state index in [1.165, 1.54) is 31.4 Å². The van der Waals surface area contributed by atoms with E-state index < -0.39 is 0 Å². The molecule has 1 aromatic heterocycles. The fourth-order valence-corrected chi connectivity index (χ4v) is 3.37. The van der Waals surface area contributed by atoms with Crippen LogP contribution in [0.5, 0.6) is 0 Å². The van der Waals surface area contributed by atoms with E-state index in [-0.39, 0.29) is 35.8 Å². The molecule has 1 saturated heterocycles. The molecule has 3 rings (SSSR count). The summed E-state index contributed by atoms with van der Waals surface area (Å²) in [6, 6.07) is 10.7. The molecule has 27 heavy (non-hydrogen) atoms. The largest absolute Gasteiger partial charge is 0.468 e. The van der Waals surface area contributed by atoms with Crippen LogP contribution in [-0.2, 0) is 6.54 Å². The first kappa shape index (κ1) is 21.7. The molecule has 0 aliphatic carbocycles. The summed E-state index contributed by atoms with van der Waals surface area (Å²) in [7, 11) is 1.74. The molecule has 5 nitrogen and oxygen atoms in total. The fraction of sp³-hybridized carbons (Fsp3) is 0.450. The topological polar surface area (TPSA) is 52.8 Å². The van der Waals surface area contributed by atoms with Crippen LogP contribution in [0.1, 0.15) is 36.6 Å². The van der Waals surface area contributed by atoms with Crippen molar-refractivity contribution in [1.82, 2.24) is 15.5 Å². The molecule has 1 unspecified atom stereocenters. The SMILES string of the molecule is CN=C(NCc1cccc(F)c1)NCC(c1ccco1)N1CCCCC1.I. The number of hydrogen-bond donors (Lipinski definition) is 2. The Bertz CT molecular complexity index is 702. The minimum absolute atomic E-state index is 0. The first-order valence-corrected chi connectivity index (χ1v) is 9.22. The van der Waals surface area contributed by atoms with Gasteiger partial charge in [0, 0.05) is 20.1 Å². The second-order valence-corrected chi connectivity index (χ2v) is 6.56. The summed E-state index contributed by atoms with van der Waals surface area (Å²) in [5, 5.41) is 6.62. The van der Waals surface area contributed by atoms with Crippen molar-refractivity contribution in [3.63, 3.8) is 0 Å². The Morgan fingerprint density at radius 3 is 2.67 bits per heavy atom. The lowest BCUT2D eigenvalue weighted by Crippen LogP contribution is -2.44. The maximum absolute atomic E-state index is 13.3. The Morgan fingerprint density at radius 1 is 1.19 bits per heavy atom. The molecule has 1 aliphatic heterocycles. The third kappa shape index (κ3) is 6.49. The Morgan fingerprint density at radius 2 is 2.00 bits per heavy atom. The van der Waals surface area contributed by atoms with Crippen LogP contribution in [0, 0.1) is 5.82 Å². The van der Waals surface area contributed by atoms with Crippen molar-refractivity contribution in [2.75, 3.05) is 26.7 Å². The zero-order chi connectivity index (χ0) is 18.2. The van der Waals surface area contributed by atoms with Gasteiger partial charge in [-0.15, -0.1) is 24.0 Å². The van der Waals surface area contributed by atoms with Crippen LogP contribution in [-0.4, -0.2) is 37.5 Å². The van der Waals surface area contributed by atoms with Gasteiger partial charge in [0.15, 0.2) is 5.96 Å². The number of nitrogens with zero attached hydrogens (tertiary/aromatic N) is 2. The lowest BCUT2D eigenvalue weighted by atomic mass is 10.1. The predicted octanol–water partition coefficient (Wildman–Crippen LogP) is 3.93. The quantitative estimate of drug-likeness (QED) is 0.369. The third-order valence-electron chi connectivity index (χ3n) is 4.74. The van der Waals surface area contributed by atoms with Gasteiger partial charge < -0.3 is 15.1 Å². The first-order valence-electron chi connectivity index (χ1n) is 9.22. The van der Waals surface area contributed by atoms with Crippen molar-refractivity contribution in [3.05, 3.63) is 59.8 Å². The van der Waals surface area contributed by atoms with Crippen molar-refractivity contribution in [2.45, 2.75) is 31.8 Å². The van der Waals surface area contributed by atoms with Gasteiger partial charge in [-0.1, -0.05) is 18.6 Å². The van der Waals surface area contributed by atoms with E-state index in [0.29, 0.717) is 19.0 Å². The van der Waals surface area contributed by atoms with Crippen molar-refractivity contribution >= 4 is 29.9 Å². The molecule has 2 heterocycles. The van der Waals surface area contributed by atoms with Gasteiger partial charge in [0.2, 0.25) is 0 Å². The normalized spacial score (nSPS) is 16.4. The monoisotopic (exact) mass is 486 g/mol. The zero-order valence-electron chi connectivity index (χ0n) is 15.7. The van der Waals surface area contributed by atoms with E-state index in [9.17, 15) is 4.39 Å². The highest BCUT2D eigenvalue weighted by Crippen LogP contribution is 2.24. The van der Waals surface area contributed by atoms with Gasteiger partial charge in [-0.3, -0.25) is 9.89 Å². The maximum atomic E-state index is 13.3. The Kier molecular flexibility index (Phi) is 9.06. The lowest BCUT2D eigenvalue weighted by Gasteiger charge is -2.33. The van der Waals surface area contributed by atoms with Gasteiger partial charge in [0.25, 0.3) is 0 Å². The van der Waals surface area contributed by atoms with Crippen molar-refractivity contribution in [2.24, 2.45) is 4.99 Å². The molecule has 0 radical (unpaired) electrons. The molecule has 2 aromatic rings. The minimum Gasteiger partial charge on any atom is -0.468 e. The highest BCUT2D eigenvalue weighted by Gasteiger charge is 2.24. The number of benzene rings is 1. The average molecular weight is 486 g/mol. The van der Waals surface area contributed by atoms with Gasteiger partial charge in [-0.25, -0.2) is 4.39 Å². The molecule has 1 aliphatic rings. The van der Waals surface area contributed by atoms with Crippen LogP contribution < -0.4 is 10.6 Å². The fourth-order valence-electron chi connectivity index (χ4n) is 3.37. The number of likely N-dealkylation sites (tertiary alicyclic amines) is 1. The molecule has 7 heteroatoms. The summed E-state index contributed by atoms with van der Waals surface area (Å²) in [6.07, 6.45) is 5.47. The molecular weight excluding hydrogens is 458 g/mol. The number of piperidine rings is 1. The Labute approximate surface area is 177 Å². The van der Waals surface area contributed by atoms with Crippen LogP contribution in [0.2, 0.25) is 0 Å². The number of guanidine groups is 1. The van der Waals surface area contributed by atoms with E-state index in [4.69, 9.17) is 4.42 Å². The van der Waals surface area contributed by atoms with E-state index in [1.807, 2.05) is 18.2 Å². The maximum Gasteiger partial charge on any atom is 0.191 e. The lowest BCUT2D eigenvalue weighted by molar-refractivity contribution is 0.146. The summed E-state index contributed by atoms with van der Waals surface area (Å²) >= 11 is 0. The van der Waals surface area contributed by atoms with Crippen molar-refractivity contribution in [3.8, 4) is 0 Å². The molecular formula is C20H28FIN4O. The summed E-state index contributed by atoms with van der Waals surface area (Å²) in [4.78, 5) is 6.74. The minimum atomic E-state index is -0.227.